The van der Waals surface area contributed by atoms with Gasteiger partial charge >= 0.3 is 0 Å². The summed E-state index contributed by atoms with van der Waals surface area (Å²) < 4.78 is 0. The lowest BCUT2D eigenvalue weighted by molar-refractivity contribution is -0.0846. The third-order valence-electron chi connectivity index (χ3n) is 7.51. The van der Waals surface area contributed by atoms with Crippen molar-refractivity contribution in [1.29, 1.82) is 0 Å². The third-order valence-corrected chi connectivity index (χ3v) is 7.51. The predicted molar refractivity (Wildman–Crippen MR) is 113 cm³/mol. The van der Waals surface area contributed by atoms with Crippen molar-refractivity contribution in [2.24, 2.45) is 22.7 Å². The molecule has 0 amide bonds. The van der Waals surface area contributed by atoms with Gasteiger partial charge in [-0.2, -0.15) is 0 Å². The van der Waals surface area contributed by atoms with E-state index in [0.717, 1.165) is 37.5 Å². The summed E-state index contributed by atoms with van der Waals surface area (Å²) in [6, 6.07) is 0. The van der Waals surface area contributed by atoms with E-state index in [4.69, 9.17) is 0 Å². The monoisotopic (exact) mass is 340 g/mol. The van der Waals surface area contributed by atoms with Gasteiger partial charge < -0.3 is 0 Å². The molecule has 0 aromatic heterocycles. The Kier molecular flexibility index (Phi) is 7.79. The fourth-order valence-electron chi connectivity index (χ4n) is 6.56. The summed E-state index contributed by atoms with van der Waals surface area (Å²) in [5.74, 6) is 1.60. The molecule has 0 heteroatoms. The summed E-state index contributed by atoms with van der Waals surface area (Å²) >= 11 is 0. The summed E-state index contributed by atoms with van der Waals surface area (Å²) in [7, 11) is 0. The zero-order valence-electron chi connectivity index (χ0n) is 16.5. The zero-order chi connectivity index (χ0) is 18.2. The van der Waals surface area contributed by atoms with E-state index in [1.54, 1.807) is 0 Å². The van der Waals surface area contributed by atoms with Crippen molar-refractivity contribution in [3.63, 3.8) is 0 Å². The Labute approximate surface area is 157 Å². The fraction of sp³-hybridized carbons (Fsp3) is 0.680. The van der Waals surface area contributed by atoms with Crippen LogP contribution in [0, 0.1) is 22.7 Å². The quantitative estimate of drug-likeness (QED) is 0.353. The highest BCUT2D eigenvalue weighted by Gasteiger charge is 2.55. The van der Waals surface area contributed by atoms with Gasteiger partial charge in [0, 0.05) is 0 Å². The van der Waals surface area contributed by atoms with Crippen LogP contribution >= 0.6 is 0 Å². The van der Waals surface area contributed by atoms with Crippen LogP contribution in [0.4, 0.5) is 0 Å². The van der Waals surface area contributed by atoms with Crippen molar-refractivity contribution in [1.82, 2.24) is 0 Å². The molecular weight excluding hydrogens is 300 g/mol. The highest BCUT2D eigenvalue weighted by Crippen LogP contribution is 2.64. The molecule has 0 N–H and O–H groups in total. The Balaban J connectivity index is 2.51. The zero-order valence-corrected chi connectivity index (χ0v) is 16.5. The van der Waals surface area contributed by atoms with Crippen LogP contribution in [0.3, 0.4) is 0 Å². The van der Waals surface area contributed by atoms with Crippen LogP contribution < -0.4 is 0 Å². The molecule has 0 aliphatic heterocycles. The predicted octanol–water partition coefficient (Wildman–Crippen LogP) is 8.03. The second-order valence-corrected chi connectivity index (χ2v) is 8.65. The Morgan fingerprint density at radius 1 is 0.720 bits per heavy atom. The van der Waals surface area contributed by atoms with E-state index in [1.807, 2.05) is 0 Å². The van der Waals surface area contributed by atoms with Crippen molar-refractivity contribution < 1.29 is 0 Å². The lowest BCUT2D eigenvalue weighted by atomic mass is 9.45. The van der Waals surface area contributed by atoms with Crippen LogP contribution in [0.15, 0.2) is 50.6 Å². The Morgan fingerprint density at radius 2 is 1.32 bits per heavy atom. The van der Waals surface area contributed by atoms with Crippen molar-refractivity contribution >= 4 is 0 Å². The lowest BCUT2D eigenvalue weighted by Crippen LogP contribution is -2.51. The fourth-order valence-corrected chi connectivity index (χ4v) is 6.56. The first-order valence-electron chi connectivity index (χ1n) is 10.6. The molecule has 2 aliphatic rings. The van der Waals surface area contributed by atoms with Crippen LogP contribution in [0.5, 0.6) is 0 Å². The lowest BCUT2D eigenvalue weighted by Gasteiger charge is -2.59. The Morgan fingerprint density at radius 3 is 1.88 bits per heavy atom. The van der Waals surface area contributed by atoms with Crippen molar-refractivity contribution in [2.45, 2.75) is 83.5 Å². The average molecular weight is 341 g/mol. The van der Waals surface area contributed by atoms with Gasteiger partial charge in [0.2, 0.25) is 0 Å². The summed E-state index contributed by atoms with van der Waals surface area (Å²) in [6.07, 6.45) is 25.8. The molecule has 2 atom stereocenters. The number of hydrogen-bond donors (Lipinski definition) is 0. The number of hydrogen-bond acceptors (Lipinski definition) is 0. The maximum Gasteiger partial charge on any atom is -0.0166 e. The van der Waals surface area contributed by atoms with Gasteiger partial charge in [0.15, 0.2) is 0 Å². The second-order valence-electron chi connectivity index (χ2n) is 8.65. The molecule has 2 aliphatic carbocycles. The summed E-state index contributed by atoms with van der Waals surface area (Å²) in [5, 5.41) is 0. The summed E-state index contributed by atoms with van der Waals surface area (Å²) in [6.45, 7) is 16.6. The molecule has 25 heavy (non-hydrogen) atoms. The van der Waals surface area contributed by atoms with Crippen LogP contribution in [0.2, 0.25) is 0 Å². The second kappa shape index (κ2) is 9.60. The molecule has 0 aromatic rings. The minimum atomic E-state index is 0.314. The summed E-state index contributed by atoms with van der Waals surface area (Å²) in [5.41, 5.74) is 0.652. The van der Waals surface area contributed by atoms with Crippen LogP contribution in [0.25, 0.3) is 0 Å². The molecule has 0 saturated heterocycles. The molecule has 2 unspecified atom stereocenters. The summed E-state index contributed by atoms with van der Waals surface area (Å²) in [4.78, 5) is 0. The van der Waals surface area contributed by atoms with Crippen LogP contribution in [-0.2, 0) is 0 Å². The van der Waals surface area contributed by atoms with E-state index in [1.165, 1.54) is 57.8 Å². The molecule has 2 saturated carbocycles. The largest absolute Gasteiger partial charge is 0.103 e. The first kappa shape index (κ1) is 20.3. The molecule has 2 rings (SSSR count). The average Bonchev–Trinajstić information content (AvgIpc) is 2.63. The van der Waals surface area contributed by atoms with E-state index < -0.39 is 0 Å². The van der Waals surface area contributed by atoms with E-state index in [0.29, 0.717) is 10.8 Å². The molecule has 140 valence electrons. The third kappa shape index (κ3) is 4.04. The van der Waals surface area contributed by atoms with E-state index in [9.17, 15) is 0 Å². The van der Waals surface area contributed by atoms with Gasteiger partial charge in [0.25, 0.3) is 0 Å². The Hall–Kier alpha value is -1.04. The smallest absolute Gasteiger partial charge is 0.0166 e. The highest BCUT2D eigenvalue weighted by molar-refractivity contribution is 5.11. The van der Waals surface area contributed by atoms with Gasteiger partial charge in [-0.25, -0.2) is 0 Å². The molecule has 2 fully saturated rings. The van der Waals surface area contributed by atoms with Crippen LogP contribution in [0.1, 0.15) is 83.5 Å². The van der Waals surface area contributed by atoms with E-state index in [-0.39, 0.29) is 0 Å². The van der Waals surface area contributed by atoms with Gasteiger partial charge in [0.05, 0.1) is 0 Å². The van der Waals surface area contributed by atoms with Gasteiger partial charge in [-0.3, -0.25) is 0 Å². The SMILES string of the molecule is C=CCC(C1CCCCC1)C1(CC=C)CCCCC1(CC=C)CC=C. The first-order chi connectivity index (χ1) is 12.2. The first-order valence-corrected chi connectivity index (χ1v) is 10.6. The van der Waals surface area contributed by atoms with E-state index in [2.05, 4.69) is 50.6 Å². The van der Waals surface area contributed by atoms with Crippen molar-refractivity contribution in [3.8, 4) is 0 Å². The maximum absolute atomic E-state index is 4.20. The minimum Gasteiger partial charge on any atom is -0.103 e. The van der Waals surface area contributed by atoms with Crippen LogP contribution in [-0.4, -0.2) is 0 Å². The minimum absolute atomic E-state index is 0.314. The molecular formula is C25H40. The standard InChI is InChI=1S/C25H40/c1-5-14-23(22-15-10-9-11-16-22)25(19-8-4)21-13-12-20-24(25,17-6-2)18-7-3/h5-8,22-23H,1-4,9-21H2. The van der Waals surface area contributed by atoms with Gasteiger partial charge in [-0.15, -0.1) is 26.3 Å². The highest BCUT2D eigenvalue weighted by atomic mass is 14.6. The number of rotatable bonds is 10. The topological polar surface area (TPSA) is 0 Å². The van der Waals surface area contributed by atoms with Crippen molar-refractivity contribution in [2.75, 3.05) is 0 Å². The number of allylic oxidation sites excluding steroid dienone is 4. The molecule has 0 heterocycles. The maximum atomic E-state index is 4.20. The Bertz CT molecular complexity index is 441. The van der Waals surface area contributed by atoms with Gasteiger partial charge in [-0.05, 0) is 61.2 Å². The molecule has 0 spiro atoms. The molecule has 0 nitrogen and oxygen atoms in total. The van der Waals surface area contributed by atoms with Gasteiger partial charge in [0.1, 0.15) is 0 Å². The van der Waals surface area contributed by atoms with Gasteiger partial charge in [-0.1, -0.05) is 69.2 Å². The van der Waals surface area contributed by atoms with E-state index >= 15 is 0 Å². The molecule has 0 radical (unpaired) electrons. The molecule has 0 aromatic carbocycles. The van der Waals surface area contributed by atoms with Crippen molar-refractivity contribution in [3.05, 3.63) is 50.6 Å². The molecule has 0 bridgehead atoms. The normalized spacial score (nSPS) is 28.0.